The van der Waals surface area contributed by atoms with Crippen LogP contribution in [0.25, 0.3) is 0 Å². The average Bonchev–Trinajstić information content (AvgIpc) is 3.12. The lowest BCUT2D eigenvalue weighted by atomic mass is 9.76. The van der Waals surface area contributed by atoms with Crippen molar-refractivity contribution in [2.45, 2.75) is 97.3 Å². The van der Waals surface area contributed by atoms with E-state index in [0.29, 0.717) is 17.1 Å². The standard InChI is InChI=1S/C34H44O5Si2/c1-21-13-16-27-30(22(21)2)31(35)37-34(27)25-17-14-23(38-40(9,10)32(3,4)5)19-28(25)36-29-20-24(15-18-26(29)34)39-41(11,12)33(6,7)8/h13-20H,1-12H3. The summed E-state index contributed by atoms with van der Waals surface area (Å²) in [6.45, 7) is 26.3. The zero-order valence-electron chi connectivity index (χ0n) is 26.7. The SMILES string of the molecule is Cc1ccc2c(c1C)C(=O)OC21c2ccc(O[Si](C)(C)C(C)(C)C)cc2Oc2cc(O[Si](C)(C)C(C)(C)C)ccc21. The molecule has 7 heteroatoms. The Labute approximate surface area is 247 Å². The molecular weight excluding hydrogens is 545 g/mol. The van der Waals surface area contributed by atoms with Crippen LogP contribution in [-0.2, 0) is 10.3 Å². The van der Waals surface area contributed by atoms with Crippen molar-refractivity contribution >= 4 is 22.6 Å². The second kappa shape index (κ2) is 9.23. The van der Waals surface area contributed by atoms with Crippen LogP contribution in [-0.4, -0.2) is 22.6 Å². The third-order valence-electron chi connectivity index (χ3n) is 9.81. The number of hydrogen-bond donors (Lipinski definition) is 0. The Morgan fingerprint density at radius 2 is 1.12 bits per heavy atom. The van der Waals surface area contributed by atoms with Crippen molar-refractivity contribution in [1.82, 2.24) is 0 Å². The quantitative estimate of drug-likeness (QED) is 0.224. The fourth-order valence-electron chi connectivity index (χ4n) is 5.06. The van der Waals surface area contributed by atoms with Crippen LogP contribution in [0.2, 0.25) is 36.3 Å². The lowest BCUT2D eigenvalue weighted by molar-refractivity contribution is 0.0224. The molecule has 218 valence electrons. The third kappa shape index (κ3) is 4.61. The van der Waals surface area contributed by atoms with Crippen LogP contribution < -0.4 is 13.6 Å². The van der Waals surface area contributed by atoms with Gasteiger partial charge in [-0.3, -0.25) is 0 Å². The van der Waals surface area contributed by atoms with E-state index in [0.717, 1.165) is 39.3 Å². The summed E-state index contributed by atoms with van der Waals surface area (Å²) in [6.07, 6.45) is 0. The van der Waals surface area contributed by atoms with Gasteiger partial charge >= 0.3 is 5.97 Å². The van der Waals surface area contributed by atoms with E-state index < -0.39 is 22.2 Å². The number of carbonyl (C=O) groups excluding carboxylic acids is 1. The Morgan fingerprint density at radius 1 is 0.683 bits per heavy atom. The van der Waals surface area contributed by atoms with Gasteiger partial charge in [0.15, 0.2) is 5.60 Å². The predicted molar refractivity (Wildman–Crippen MR) is 170 cm³/mol. The largest absolute Gasteiger partial charge is 0.543 e. The second-order valence-electron chi connectivity index (χ2n) is 14.6. The molecule has 0 N–H and O–H groups in total. The van der Waals surface area contributed by atoms with E-state index in [1.54, 1.807) is 0 Å². The van der Waals surface area contributed by atoms with Crippen molar-refractivity contribution in [2.75, 3.05) is 0 Å². The van der Waals surface area contributed by atoms with E-state index in [9.17, 15) is 4.79 Å². The van der Waals surface area contributed by atoms with Crippen LogP contribution in [0.1, 0.15) is 79.7 Å². The highest BCUT2D eigenvalue weighted by atomic mass is 28.4. The lowest BCUT2D eigenvalue weighted by Gasteiger charge is -2.39. The first kappa shape index (κ1) is 29.5. The highest BCUT2D eigenvalue weighted by molar-refractivity contribution is 6.75. The summed E-state index contributed by atoms with van der Waals surface area (Å²) in [6, 6.07) is 16.0. The smallest absolute Gasteiger partial charge is 0.340 e. The van der Waals surface area contributed by atoms with Gasteiger partial charge < -0.3 is 18.3 Å². The number of rotatable bonds is 4. The normalized spacial score (nSPS) is 16.0. The van der Waals surface area contributed by atoms with E-state index in [1.165, 1.54) is 0 Å². The van der Waals surface area contributed by atoms with Crippen molar-refractivity contribution in [3.63, 3.8) is 0 Å². The van der Waals surface area contributed by atoms with E-state index in [-0.39, 0.29) is 16.0 Å². The molecule has 0 aliphatic carbocycles. The summed E-state index contributed by atoms with van der Waals surface area (Å²) in [7, 11) is -4.19. The van der Waals surface area contributed by atoms with E-state index in [1.807, 2.05) is 56.3 Å². The monoisotopic (exact) mass is 588 g/mol. The molecule has 5 nitrogen and oxygen atoms in total. The molecule has 0 amide bonds. The first-order valence-electron chi connectivity index (χ1n) is 14.5. The maximum atomic E-state index is 13.6. The first-order valence-corrected chi connectivity index (χ1v) is 20.3. The summed E-state index contributed by atoms with van der Waals surface area (Å²) in [5.41, 5.74) is 3.93. The Hall–Kier alpha value is -3.04. The van der Waals surface area contributed by atoms with Gasteiger partial charge in [0.05, 0.1) is 5.56 Å². The molecule has 2 aliphatic rings. The summed E-state index contributed by atoms with van der Waals surface area (Å²) in [5, 5.41) is 0.0890. The first-order chi connectivity index (χ1) is 18.8. The van der Waals surface area contributed by atoms with Gasteiger partial charge in [-0.15, -0.1) is 0 Å². The highest BCUT2D eigenvalue weighted by Crippen LogP contribution is 2.58. The molecule has 2 aliphatic heterocycles. The zero-order chi connectivity index (χ0) is 30.3. The van der Waals surface area contributed by atoms with Gasteiger partial charge in [-0.1, -0.05) is 53.7 Å². The van der Waals surface area contributed by atoms with Gasteiger partial charge in [-0.05, 0) is 85.5 Å². The Bertz CT molecular complexity index is 1480. The molecule has 0 aromatic heterocycles. The topological polar surface area (TPSA) is 54.0 Å². The van der Waals surface area contributed by atoms with Crippen molar-refractivity contribution in [3.8, 4) is 23.0 Å². The molecule has 0 unspecified atom stereocenters. The number of ether oxygens (including phenoxy) is 2. The summed E-state index contributed by atoms with van der Waals surface area (Å²) >= 11 is 0. The molecule has 1 spiro atoms. The third-order valence-corrected chi connectivity index (χ3v) is 18.5. The molecule has 0 fully saturated rings. The van der Waals surface area contributed by atoms with Gasteiger partial charge in [0, 0.05) is 28.8 Å². The lowest BCUT2D eigenvalue weighted by Crippen LogP contribution is -2.44. The molecule has 0 radical (unpaired) electrons. The minimum atomic E-state index is -2.10. The van der Waals surface area contributed by atoms with Crippen molar-refractivity contribution in [1.29, 1.82) is 0 Å². The molecule has 0 atom stereocenters. The average molecular weight is 589 g/mol. The van der Waals surface area contributed by atoms with Crippen molar-refractivity contribution < 1.29 is 23.1 Å². The highest BCUT2D eigenvalue weighted by Gasteiger charge is 2.54. The second-order valence-corrected chi connectivity index (χ2v) is 24.1. The van der Waals surface area contributed by atoms with Crippen LogP contribution >= 0.6 is 0 Å². The Morgan fingerprint density at radius 3 is 1.56 bits per heavy atom. The van der Waals surface area contributed by atoms with Gasteiger partial charge in [0.1, 0.15) is 23.0 Å². The van der Waals surface area contributed by atoms with E-state index in [2.05, 4.69) is 73.8 Å². The fraction of sp³-hybridized carbons (Fsp3) is 0.441. The Balaban J connectivity index is 1.71. The number of carbonyl (C=O) groups is 1. The number of benzene rings is 3. The van der Waals surface area contributed by atoms with Gasteiger partial charge in [0.2, 0.25) is 16.6 Å². The molecule has 3 aromatic rings. The molecule has 0 saturated heterocycles. The number of esters is 1. The maximum absolute atomic E-state index is 13.6. The minimum Gasteiger partial charge on any atom is -0.543 e. The van der Waals surface area contributed by atoms with Crippen LogP contribution in [0.3, 0.4) is 0 Å². The minimum absolute atomic E-state index is 0.0445. The maximum Gasteiger partial charge on any atom is 0.340 e. The van der Waals surface area contributed by atoms with Gasteiger partial charge in [0.25, 0.3) is 0 Å². The van der Waals surface area contributed by atoms with Crippen LogP contribution in [0.15, 0.2) is 48.5 Å². The molecule has 0 saturated carbocycles. The van der Waals surface area contributed by atoms with Crippen LogP contribution in [0.4, 0.5) is 0 Å². The fourth-order valence-corrected chi connectivity index (χ4v) is 7.10. The number of fused-ring (bicyclic) bond motifs is 6. The van der Waals surface area contributed by atoms with E-state index >= 15 is 0 Å². The van der Waals surface area contributed by atoms with Crippen LogP contribution in [0, 0.1) is 13.8 Å². The summed E-state index contributed by atoms with van der Waals surface area (Å²) in [4.78, 5) is 13.6. The predicted octanol–water partition coefficient (Wildman–Crippen LogP) is 9.64. The van der Waals surface area contributed by atoms with Gasteiger partial charge in [-0.2, -0.15) is 0 Å². The summed E-state index contributed by atoms with van der Waals surface area (Å²) in [5.74, 6) is 2.44. The van der Waals surface area contributed by atoms with Crippen molar-refractivity contribution in [3.05, 3.63) is 81.9 Å². The van der Waals surface area contributed by atoms with Crippen molar-refractivity contribution in [2.24, 2.45) is 0 Å². The number of hydrogen-bond acceptors (Lipinski definition) is 5. The van der Waals surface area contributed by atoms with Crippen LogP contribution in [0.5, 0.6) is 23.0 Å². The molecule has 3 aromatic carbocycles. The molecular formula is C34H44O5Si2. The molecule has 41 heavy (non-hydrogen) atoms. The van der Waals surface area contributed by atoms with Gasteiger partial charge in [-0.25, -0.2) is 4.79 Å². The van der Waals surface area contributed by atoms with E-state index in [4.69, 9.17) is 18.3 Å². The molecule has 0 bridgehead atoms. The molecule has 5 rings (SSSR count). The Kier molecular flexibility index (Phi) is 6.63. The zero-order valence-corrected chi connectivity index (χ0v) is 28.7. The molecule has 2 heterocycles. The summed E-state index contributed by atoms with van der Waals surface area (Å²) < 4.78 is 26.4. The number of aryl methyl sites for hydroxylation is 1.